The van der Waals surface area contributed by atoms with Crippen LogP contribution in [0.1, 0.15) is 66.5 Å². The minimum absolute atomic E-state index is 0.194. The van der Waals surface area contributed by atoms with Gasteiger partial charge in [0.05, 0.1) is 23.4 Å². The first-order chi connectivity index (χ1) is 15.6. The van der Waals surface area contributed by atoms with Crippen LogP contribution in [0.15, 0.2) is 48.9 Å². The molecule has 6 rings (SSSR count). The molecule has 0 unspecified atom stereocenters. The number of hydrogen-bond donors (Lipinski definition) is 1. The molecule has 7 heteroatoms. The van der Waals surface area contributed by atoms with Gasteiger partial charge >= 0.3 is 0 Å². The fourth-order valence-electron chi connectivity index (χ4n) is 4.76. The standard InChI is InChI=1S/C25H26N6O/c1-30-14-18(13-26-30)21-7-4-8-22(27-21)25(32)28-24-11-17-15-31(19-5-2-3-6-19)29-23(17)12-20(24)16-9-10-16/h4,7-8,11-16,19H,2-3,5-6,9-10H2,1H3,(H,28,32). The number of amides is 1. The topological polar surface area (TPSA) is 77.6 Å². The molecule has 0 bridgehead atoms. The van der Waals surface area contributed by atoms with Gasteiger partial charge in [-0.15, -0.1) is 0 Å². The number of fused-ring (bicyclic) bond motifs is 1. The van der Waals surface area contributed by atoms with E-state index in [9.17, 15) is 4.79 Å². The smallest absolute Gasteiger partial charge is 0.274 e. The van der Waals surface area contributed by atoms with E-state index in [0.29, 0.717) is 17.7 Å². The molecule has 1 amide bonds. The third-order valence-corrected chi connectivity index (χ3v) is 6.64. The first-order valence-electron chi connectivity index (χ1n) is 11.4. The molecular formula is C25H26N6O. The van der Waals surface area contributed by atoms with E-state index in [1.54, 1.807) is 16.9 Å². The second-order valence-corrected chi connectivity index (χ2v) is 9.08. The van der Waals surface area contributed by atoms with Gasteiger partial charge in [0.2, 0.25) is 0 Å². The number of rotatable bonds is 5. The normalized spacial score (nSPS) is 16.7. The van der Waals surface area contributed by atoms with Crippen molar-refractivity contribution in [3.05, 3.63) is 60.2 Å². The molecular weight excluding hydrogens is 400 g/mol. The van der Waals surface area contributed by atoms with E-state index in [0.717, 1.165) is 40.7 Å². The summed E-state index contributed by atoms with van der Waals surface area (Å²) in [6.45, 7) is 0. The molecule has 32 heavy (non-hydrogen) atoms. The van der Waals surface area contributed by atoms with Crippen LogP contribution in [0.5, 0.6) is 0 Å². The zero-order valence-electron chi connectivity index (χ0n) is 18.2. The van der Waals surface area contributed by atoms with Gasteiger partial charge in [-0.3, -0.25) is 14.2 Å². The van der Waals surface area contributed by atoms with Crippen molar-refractivity contribution in [3.63, 3.8) is 0 Å². The van der Waals surface area contributed by atoms with Crippen LogP contribution in [-0.2, 0) is 7.05 Å². The van der Waals surface area contributed by atoms with Crippen LogP contribution in [0.3, 0.4) is 0 Å². The first-order valence-corrected chi connectivity index (χ1v) is 11.4. The van der Waals surface area contributed by atoms with Crippen molar-refractivity contribution in [2.75, 3.05) is 5.32 Å². The molecule has 2 saturated carbocycles. The van der Waals surface area contributed by atoms with Gasteiger partial charge in [-0.1, -0.05) is 18.9 Å². The zero-order chi connectivity index (χ0) is 21.7. The minimum Gasteiger partial charge on any atom is -0.320 e. The highest BCUT2D eigenvalue weighted by molar-refractivity contribution is 6.04. The van der Waals surface area contributed by atoms with Crippen LogP contribution in [0, 0.1) is 0 Å². The van der Waals surface area contributed by atoms with Crippen LogP contribution in [0.2, 0.25) is 0 Å². The van der Waals surface area contributed by atoms with Crippen LogP contribution in [0.4, 0.5) is 5.69 Å². The maximum absolute atomic E-state index is 13.1. The summed E-state index contributed by atoms with van der Waals surface area (Å²) in [7, 11) is 1.87. The third kappa shape index (κ3) is 3.57. The van der Waals surface area contributed by atoms with Crippen molar-refractivity contribution in [1.82, 2.24) is 24.5 Å². The van der Waals surface area contributed by atoms with Crippen LogP contribution in [0.25, 0.3) is 22.2 Å². The van der Waals surface area contributed by atoms with Gasteiger partial charge in [0.15, 0.2) is 0 Å². The lowest BCUT2D eigenvalue weighted by Gasteiger charge is -2.11. The molecule has 0 spiro atoms. The molecule has 0 saturated heterocycles. The van der Waals surface area contributed by atoms with E-state index in [2.05, 4.69) is 38.4 Å². The second-order valence-electron chi connectivity index (χ2n) is 9.08. The number of aromatic nitrogens is 5. The van der Waals surface area contributed by atoms with Gasteiger partial charge in [-0.25, -0.2) is 4.98 Å². The van der Waals surface area contributed by atoms with Gasteiger partial charge in [-0.05, 0) is 61.4 Å². The van der Waals surface area contributed by atoms with Crippen molar-refractivity contribution in [1.29, 1.82) is 0 Å². The SMILES string of the molecule is Cn1cc(-c2cccc(C(=O)Nc3cc4cn(C5CCCC5)nc4cc3C3CC3)n2)cn1. The Hall–Kier alpha value is -3.48. The number of hydrogen-bond acceptors (Lipinski definition) is 4. The quantitative estimate of drug-likeness (QED) is 0.483. The van der Waals surface area contributed by atoms with Gasteiger partial charge in [0.1, 0.15) is 5.69 Å². The first kappa shape index (κ1) is 19.2. The van der Waals surface area contributed by atoms with Crippen molar-refractivity contribution in [2.45, 2.75) is 50.5 Å². The van der Waals surface area contributed by atoms with Crippen molar-refractivity contribution < 1.29 is 4.79 Å². The Morgan fingerprint density at radius 3 is 2.69 bits per heavy atom. The fourth-order valence-corrected chi connectivity index (χ4v) is 4.76. The van der Waals surface area contributed by atoms with E-state index < -0.39 is 0 Å². The molecule has 1 aromatic carbocycles. The zero-order valence-corrected chi connectivity index (χ0v) is 18.2. The summed E-state index contributed by atoms with van der Waals surface area (Å²) >= 11 is 0. The van der Waals surface area contributed by atoms with Gasteiger partial charge in [0.25, 0.3) is 5.91 Å². The molecule has 0 radical (unpaired) electrons. The third-order valence-electron chi connectivity index (χ3n) is 6.64. The Kier molecular flexibility index (Phi) is 4.56. The van der Waals surface area contributed by atoms with Gasteiger partial charge in [-0.2, -0.15) is 10.2 Å². The average molecular weight is 427 g/mol. The second kappa shape index (κ2) is 7.58. The van der Waals surface area contributed by atoms with Crippen molar-refractivity contribution in [3.8, 4) is 11.3 Å². The number of aryl methyl sites for hydroxylation is 1. The maximum atomic E-state index is 13.1. The van der Waals surface area contributed by atoms with E-state index in [4.69, 9.17) is 5.10 Å². The molecule has 0 atom stereocenters. The maximum Gasteiger partial charge on any atom is 0.274 e. The summed E-state index contributed by atoms with van der Waals surface area (Å²) in [6, 6.07) is 10.3. The summed E-state index contributed by atoms with van der Waals surface area (Å²) in [5, 5.41) is 13.3. The molecule has 1 N–H and O–H groups in total. The van der Waals surface area contributed by atoms with Crippen LogP contribution >= 0.6 is 0 Å². The molecule has 2 fully saturated rings. The molecule has 3 heterocycles. The van der Waals surface area contributed by atoms with E-state index in [-0.39, 0.29) is 5.91 Å². The van der Waals surface area contributed by atoms with Crippen molar-refractivity contribution >= 4 is 22.5 Å². The van der Waals surface area contributed by atoms with Gasteiger partial charge in [0, 0.05) is 36.1 Å². The number of carbonyl (C=O) groups excluding carboxylic acids is 1. The number of nitrogens with one attached hydrogen (secondary N) is 1. The summed E-state index contributed by atoms with van der Waals surface area (Å²) < 4.78 is 3.87. The lowest BCUT2D eigenvalue weighted by molar-refractivity contribution is 0.102. The average Bonchev–Trinajstić information content (AvgIpc) is 3.17. The van der Waals surface area contributed by atoms with Crippen LogP contribution in [-0.4, -0.2) is 30.5 Å². The summed E-state index contributed by atoms with van der Waals surface area (Å²) in [6.07, 6.45) is 13.1. The van der Waals surface area contributed by atoms with E-state index >= 15 is 0 Å². The predicted octanol–water partition coefficient (Wildman–Crippen LogP) is 5.08. The monoisotopic (exact) mass is 426 g/mol. The van der Waals surface area contributed by atoms with E-state index in [1.807, 2.05) is 25.4 Å². The number of nitrogens with zero attached hydrogens (tertiary/aromatic N) is 5. The summed E-state index contributed by atoms with van der Waals surface area (Å²) in [4.78, 5) is 17.7. The Balaban J connectivity index is 1.31. The highest BCUT2D eigenvalue weighted by atomic mass is 16.1. The molecule has 3 aromatic heterocycles. The highest BCUT2D eigenvalue weighted by Gasteiger charge is 2.28. The fraction of sp³-hybridized carbons (Fsp3) is 0.360. The molecule has 7 nitrogen and oxygen atoms in total. The van der Waals surface area contributed by atoms with E-state index in [1.165, 1.54) is 31.2 Å². The highest BCUT2D eigenvalue weighted by Crippen LogP contribution is 2.45. The summed E-state index contributed by atoms with van der Waals surface area (Å²) in [5.41, 5.74) is 5.11. The molecule has 4 aromatic rings. The largest absolute Gasteiger partial charge is 0.320 e. The molecule has 2 aliphatic carbocycles. The number of carbonyl (C=O) groups is 1. The lowest BCUT2D eigenvalue weighted by atomic mass is 10.1. The number of anilines is 1. The lowest BCUT2D eigenvalue weighted by Crippen LogP contribution is -2.15. The molecule has 2 aliphatic rings. The molecule has 162 valence electrons. The summed E-state index contributed by atoms with van der Waals surface area (Å²) in [5.74, 6) is 0.307. The number of benzene rings is 1. The van der Waals surface area contributed by atoms with Crippen molar-refractivity contribution in [2.24, 2.45) is 7.05 Å². The Bertz CT molecular complexity index is 1310. The number of pyridine rings is 1. The Morgan fingerprint density at radius 1 is 1.09 bits per heavy atom. The predicted molar refractivity (Wildman–Crippen MR) is 124 cm³/mol. The Morgan fingerprint density at radius 2 is 1.94 bits per heavy atom. The minimum atomic E-state index is -0.194. The Labute approximate surface area is 186 Å². The van der Waals surface area contributed by atoms with Crippen LogP contribution < -0.4 is 5.32 Å². The molecule has 0 aliphatic heterocycles. The van der Waals surface area contributed by atoms with Gasteiger partial charge < -0.3 is 5.32 Å².